The van der Waals surface area contributed by atoms with E-state index in [0.29, 0.717) is 22.6 Å². The predicted molar refractivity (Wildman–Crippen MR) is 98.4 cm³/mol. The second-order valence-electron chi connectivity index (χ2n) is 5.68. The van der Waals surface area contributed by atoms with Gasteiger partial charge in [0.2, 0.25) is 5.91 Å². The first kappa shape index (κ1) is 17.0. The molecule has 3 rings (SSSR count). The van der Waals surface area contributed by atoms with Gasteiger partial charge in [0.05, 0.1) is 5.56 Å². The Kier molecular flexibility index (Phi) is 4.72. The van der Waals surface area contributed by atoms with Gasteiger partial charge in [0, 0.05) is 29.0 Å². The van der Waals surface area contributed by atoms with Gasteiger partial charge in [0.1, 0.15) is 11.5 Å². The molecule has 2 N–H and O–H groups in total. The summed E-state index contributed by atoms with van der Waals surface area (Å²) >= 11 is 5.48. The highest BCUT2D eigenvalue weighted by Crippen LogP contribution is 2.19. The van der Waals surface area contributed by atoms with Crippen LogP contribution in [0.3, 0.4) is 0 Å². The van der Waals surface area contributed by atoms with Crippen molar-refractivity contribution in [2.45, 2.75) is 13.8 Å². The van der Waals surface area contributed by atoms with Gasteiger partial charge in [0.15, 0.2) is 0 Å². The van der Waals surface area contributed by atoms with E-state index >= 15 is 0 Å². The third-order valence-electron chi connectivity index (χ3n) is 3.71. The van der Waals surface area contributed by atoms with Gasteiger partial charge in [-0.1, -0.05) is 6.07 Å². The van der Waals surface area contributed by atoms with Crippen LogP contribution in [0.5, 0.6) is 0 Å². The van der Waals surface area contributed by atoms with E-state index < -0.39 is 0 Å². The fourth-order valence-electron chi connectivity index (χ4n) is 2.64. The lowest BCUT2D eigenvalue weighted by molar-refractivity contribution is -0.113. The lowest BCUT2D eigenvalue weighted by Crippen LogP contribution is -2.14. The number of fused-ring (bicyclic) bond motifs is 1. The molecule has 1 aromatic carbocycles. The van der Waals surface area contributed by atoms with Crippen LogP contribution in [0.2, 0.25) is 0 Å². The first-order valence-electron chi connectivity index (χ1n) is 7.70. The first-order chi connectivity index (χ1) is 12.0. The van der Waals surface area contributed by atoms with Crippen molar-refractivity contribution < 1.29 is 9.59 Å². The van der Waals surface area contributed by atoms with Crippen LogP contribution in [-0.4, -0.2) is 27.1 Å². The summed E-state index contributed by atoms with van der Waals surface area (Å²) in [5.74, 6) is -0.697. The fraction of sp³-hybridized carbons (Fsp3) is 0.167. The molecule has 0 saturated heterocycles. The number of benzene rings is 1. The minimum Gasteiger partial charge on any atom is -0.325 e. The van der Waals surface area contributed by atoms with Crippen molar-refractivity contribution in [3.63, 3.8) is 0 Å². The number of anilines is 2. The molecule has 0 aliphatic rings. The summed E-state index contributed by atoms with van der Waals surface area (Å²) in [6.45, 7) is 3.86. The minimum atomic E-state index is -0.307. The van der Waals surface area contributed by atoms with Crippen LogP contribution in [0, 0.1) is 13.8 Å². The molecule has 0 aliphatic heterocycles. The van der Waals surface area contributed by atoms with E-state index in [0.717, 1.165) is 11.4 Å². The molecule has 0 aliphatic carbocycles. The summed E-state index contributed by atoms with van der Waals surface area (Å²) in [5, 5.41) is 5.48. The standard InChI is InChI=1S/C18H17ClN4O2/c1-11-8-12(2)23-7-6-15(17(23)20-11)18(25)22-14-5-3-4-13(9-14)21-16(24)10-19/h3-9H,10H2,1-2H3,(H,21,24)(H,22,25). The molecule has 128 valence electrons. The van der Waals surface area contributed by atoms with Gasteiger partial charge in [-0.3, -0.25) is 9.59 Å². The average molecular weight is 357 g/mol. The highest BCUT2D eigenvalue weighted by molar-refractivity contribution is 6.29. The first-order valence-corrected chi connectivity index (χ1v) is 8.24. The number of nitrogens with zero attached hydrogens (tertiary/aromatic N) is 2. The largest absolute Gasteiger partial charge is 0.325 e. The fourth-order valence-corrected chi connectivity index (χ4v) is 2.71. The smallest absolute Gasteiger partial charge is 0.259 e. The number of alkyl halides is 1. The van der Waals surface area contributed by atoms with Gasteiger partial charge in [-0.05, 0) is 44.2 Å². The maximum atomic E-state index is 12.6. The molecule has 6 nitrogen and oxygen atoms in total. The number of amides is 2. The van der Waals surface area contributed by atoms with E-state index in [1.54, 1.807) is 30.3 Å². The highest BCUT2D eigenvalue weighted by Gasteiger charge is 2.14. The summed E-state index contributed by atoms with van der Waals surface area (Å²) in [5.41, 5.74) is 4.09. The van der Waals surface area contributed by atoms with Gasteiger partial charge in [-0.25, -0.2) is 4.98 Å². The number of carbonyl (C=O) groups excluding carboxylic acids is 2. The molecule has 3 aromatic rings. The zero-order chi connectivity index (χ0) is 18.0. The Morgan fingerprint density at radius 1 is 1.12 bits per heavy atom. The third kappa shape index (κ3) is 3.64. The molecule has 0 atom stereocenters. The van der Waals surface area contributed by atoms with E-state index in [1.807, 2.05) is 30.5 Å². The van der Waals surface area contributed by atoms with Gasteiger partial charge in [0.25, 0.3) is 5.91 Å². The number of aryl methyl sites for hydroxylation is 2. The van der Waals surface area contributed by atoms with Crippen molar-refractivity contribution in [3.8, 4) is 0 Å². The summed E-state index contributed by atoms with van der Waals surface area (Å²) in [4.78, 5) is 28.5. The Bertz CT molecular complexity index is 965. The maximum absolute atomic E-state index is 12.6. The molecular weight excluding hydrogens is 340 g/mol. The summed E-state index contributed by atoms with van der Waals surface area (Å²) in [7, 11) is 0. The Labute approximate surface area is 149 Å². The molecule has 2 aromatic heterocycles. The normalized spacial score (nSPS) is 10.7. The van der Waals surface area contributed by atoms with Crippen molar-refractivity contribution in [1.82, 2.24) is 9.38 Å². The van der Waals surface area contributed by atoms with Gasteiger partial charge >= 0.3 is 0 Å². The molecule has 7 heteroatoms. The van der Waals surface area contributed by atoms with Crippen LogP contribution < -0.4 is 10.6 Å². The predicted octanol–water partition coefficient (Wildman–Crippen LogP) is 3.38. The number of carbonyl (C=O) groups is 2. The quantitative estimate of drug-likeness (QED) is 0.704. The zero-order valence-corrected chi connectivity index (χ0v) is 14.6. The Morgan fingerprint density at radius 2 is 1.84 bits per heavy atom. The molecule has 0 saturated carbocycles. The van der Waals surface area contributed by atoms with Gasteiger partial charge < -0.3 is 15.0 Å². The number of nitrogens with one attached hydrogen (secondary N) is 2. The SMILES string of the molecule is Cc1cc(C)n2ccc(C(=O)Nc3cccc(NC(=O)CCl)c3)c2n1. The van der Waals surface area contributed by atoms with Crippen LogP contribution in [-0.2, 0) is 4.79 Å². The molecule has 0 spiro atoms. The summed E-state index contributed by atoms with van der Waals surface area (Å²) < 4.78 is 1.87. The van der Waals surface area contributed by atoms with Crippen molar-refractivity contribution >= 4 is 40.4 Å². The van der Waals surface area contributed by atoms with Crippen LogP contribution in [0.15, 0.2) is 42.6 Å². The van der Waals surface area contributed by atoms with Crippen LogP contribution >= 0.6 is 11.6 Å². The number of hydrogen-bond donors (Lipinski definition) is 2. The molecule has 25 heavy (non-hydrogen) atoms. The van der Waals surface area contributed by atoms with Crippen molar-refractivity contribution in [2.24, 2.45) is 0 Å². The summed E-state index contributed by atoms with van der Waals surface area (Å²) in [6.07, 6.45) is 1.82. The molecule has 0 unspecified atom stereocenters. The lowest BCUT2D eigenvalue weighted by Gasteiger charge is -2.08. The van der Waals surface area contributed by atoms with E-state index in [4.69, 9.17) is 11.6 Å². The van der Waals surface area contributed by atoms with Crippen LogP contribution in [0.25, 0.3) is 5.65 Å². The second-order valence-corrected chi connectivity index (χ2v) is 5.95. The Balaban J connectivity index is 1.86. The molecule has 0 bridgehead atoms. The molecule has 2 heterocycles. The molecule has 0 fully saturated rings. The molecular formula is C18H17ClN4O2. The minimum absolute atomic E-state index is 0.127. The molecule has 2 amide bonds. The van der Waals surface area contributed by atoms with Crippen molar-refractivity contribution in [3.05, 3.63) is 59.5 Å². The van der Waals surface area contributed by atoms with E-state index in [-0.39, 0.29) is 17.7 Å². The van der Waals surface area contributed by atoms with E-state index in [2.05, 4.69) is 15.6 Å². The van der Waals surface area contributed by atoms with Gasteiger partial charge in [-0.2, -0.15) is 0 Å². The van der Waals surface area contributed by atoms with E-state index in [9.17, 15) is 9.59 Å². The maximum Gasteiger partial charge on any atom is 0.259 e. The summed E-state index contributed by atoms with van der Waals surface area (Å²) in [6, 6.07) is 10.6. The average Bonchev–Trinajstić information content (AvgIpc) is 2.99. The van der Waals surface area contributed by atoms with Crippen molar-refractivity contribution in [2.75, 3.05) is 16.5 Å². The second kappa shape index (κ2) is 6.94. The Morgan fingerprint density at radius 3 is 2.56 bits per heavy atom. The number of halogens is 1. The monoisotopic (exact) mass is 356 g/mol. The van der Waals surface area contributed by atoms with E-state index in [1.165, 1.54) is 0 Å². The zero-order valence-electron chi connectivity index (χ0n) is 13.8. The third-order valence-corrected chi connectivity index (χ3v) is 3.95. The van der Waals surface area contributed by atoms with Crippen LogP contribution in [0.1, 0.15) is 21.7 Å². The topological polar surface area (TPSA) is 75.5 Å². The lowest BCUT2D eigenvalue weighted by atomic mass is 10.2. The van der Waals surface area contributed by atoms with Crippen molar-refractivity contribution in [1.29, 1.82) is 0 Å². The Hall–Kier alpha value is -2.86. The number of hydrogen-bond acceptors (Lipinski definition) is 3. The van der Waals surface area contributed by atoms with Crippen LogP contribution in [0.4, 0.5) is 11.4 Å². The molecule has 0 radical (unpaired) electrons. The van der Waals surface area contributed by atoms with Gasteiger partial charge in [-0.15, -0.1) is 11.6 Å². The number of rotatable bonds is 4. The number of aromatic nitrogens is 2. The highest BCUT2D eigenvalue weighted by atomic mass is 35.5.